The number of rotatable bonds is 3. The highest BCUT2D eigenvalue weighted by molar-refractivity contribution is 6.31. The fraction of sp³-hybridized carbons (Fsp3) is 0.100. The highest BCUT2D eigenvalue weighted by Gasteiger charge is 2.09. The molecule has 3 N–H and O–H groups in total. The number of halogens is 2. The maximum absolute atomic E-state index is 13.2. The SMILES string of the molecule is N/C(=N/O)c1ncn(Cc2cccc(F)c2Cl)n1. The van der Waals surface area contributed by atoms with Gasteiger partial charge >= 0.3 is 0 Å². The first-order valence-electron chi connectivity index (χ1n) is 4.92. The lowest BCUT2D eigenvalue weighted by Gasteiger charge is -2.04. The number of benzene rings is 1. The zero-order valence-corrected chi connectivity index (χ0v) is 9.84. The molecule has 0 fully saturated rings. The Hall–Kier alpha value is -2.15. The molecule has 1 heterocycles. The highest BCUT2D eigenvalue weighted by Crippen LogP contribution is 2.20. The van der Waals surface area contributed by atoms with Gasteiger partial charge in [-0.2, -0.15) is 0 Å². The molecule has 0 aliphatic heterocycles. The number of hydrogen-bond acceptors (Lipinski definition) is 4. The van der Waals surface area contributed by atoms with E-state index in [1.54, 1.807) is 12.1 Å². The third kappa shape index (κ3) is 2.40. The molecule has 2 rings (SSSR count). The molecule has 0 aliphatic carbocycles. The average Bonchev–Trinajstić information content (AvgIpc) is 2.82. The van der Waals surface area contributed by atoms with Crippen molar-refractivity contribution in [3.8, 4) is 0 Å². The summed E-state index contributed by atoms with van der Waals surface area (Å²) >= 11 is 5.81. The van der Waals surface area contributed by atoms with Crippen LogP contribution in [0.4, 0.5) is 4.39 Å². The standard InChI is InChI=1S/C10H9ClFN5O/c11-8-6(2-1-3-7(8)12)4-17-5-14-10(15-17)9(13)16-18/h1-3,5,18H,4H2,(H2,13,16). The summed E-state index contributed by atoms with van der Waals surface area (Å²) in [6.07, 6.45) is 1.38. The van der Waals surface area contributed by atoms with Crippen LogP contribution in [0.3, 0.4) is 0 Å². The zero-order valence-electron chi connectivity index (χ0n) is 9.09. The first-order chi connectivity index (χ1) is 8.61. The maximum atomic E-state index is 13.2. The topological polar surface area (TPSA) is 89.3 Å². The monoisotopic (exact) mass is 269 g/mol. The molecule has 18 heavy (non-hydrogen) atoms. The molecule has 0 saturated heterocycles. The van der Waals surface area contributed by atoms with Crippen molar-refractivity contribution in [3.05, 3.63) is 46.8 Å². The van der Waals surface area contributed by atoms with Crippen molar-refractivity contribution in [3.63, 3.8) is 0 Å². The van der Waals surface area contributed by atoms with Crippen molar-refractivity contribution >= 4 is 17.4 Å². The fourth-order valence-electron chi connectivity index (χ4n) is 1.38. The van der Waals surface area contributed by atoms with Gasteiger partial charge < -0.3 is 10.9 Å². The summed E-state index contributed by atoms with van der Waals surface area (Å²) in [6.45, 7) is 0.238. The first-order valence-corrected chi connectivity index (χ1v) is 5.30. The maximum Gasteiger partial charge on any atom is 0.219 e. The number of nitrogens with two attached hydrogens (primary N) is 1. The molecule has 0 bridgehead atoms. The van der Waals surface area contributed by atoms with Gasteiger partial charge in [0.05, 0.1) is 11.6 Å². The van der Waals surface area contributed by atoms with E-state index in [9.17, 15) is 4.39 Å². The molecule has 0 saturated carbocycles. The molecule has 2 aromatic rings. The predicted octanol–water partition coefficient (Wildman–Crippen LogP) is 1.21. The van der Waals surface area contributed by atoms with Crippen molar-refractivity contribution in [2.75, 3.05) is 0 Å². The Morgan fingerprint density at radius 2 is 2.33 bits per heavy atom. The average molecular weight is 270 g/mol. The Kier molecular flexibility index (Phi) is 3.42. The lowest BCUT2D eigenvalue weighted by atomic mass is 10.2. The van der Waals surface area contributed by atoms with Crippen LogP contribution >= 0.6 is 11.6 Å². The van der Waals surface area contributed by atoms with E-state index >= 15 is 0 Å². The van der Waals surface area contributed by atoms with E-state index in [1.807, 2.05) is 0 Å². The number of nitrogens with zero attached hydrogens (tertiary/aromatic N) is 4. The third-order valence-corrected chi connectivity index (χ3v) is 2.66. The lowest BCUT2D eigenvalue weighted by molar-refractivity contribution is 0.318. The lowest BCUT2D eigenvalue weighted by Crippen LogP contribution is -2.15. The van der Waals surface area contributed by atoms with Gasteiger partial charge in [-0.05, 0) is 11.6 Å². The molecule has 0 unspecified atom stereocenters. The van der Waals surface area contributed by atoms with Gasteiger partial charge in [-0.25, -0.2) is 14.1 Å². The van der Waals surface area contributed by atoms with Gasteiger partial charge in [0.2, 0.25) is 11.7 Å². The Bertz CT molecular complexity index is 598. The van der Waals surface area contributed by atoms with Crippen molar-refractivity contribution in [2.45, 2.75) is 6.54 Å². The molecule has 0 aliphatic rings. The Balaban J connectivity index is 2.24. The van der Waals surface area contributed by atoms with Gasteiger partial charge in [-0.3, -0.25) is 0 Å². The van der Waals surface area contributed by atoms with Gasteiger partial charge in [0, 0.05) is 0 Å². The highest BCUT2D eigenvalue weighted by atomic mass is 35.5. The summed E-state index contributed by atoms with van der Waals surface area (Å²) in [6, 6.07) is 4.50. The predicted molar refractivity (Wildman–Crippen MR) is 63.0 cm³/mol. The minimum atomic E-state index is -0.494. The molecular weight excluding hydrogens is 261 g/mol. The van der Waals surface area contributed by atoms with Crippen LogP contribution in [0.1, 0.15) is 11.4 Å². The second-order valence-corrected chi connectivity index (χ2v) is 3.84. The van der Waals surface area contributed by atoms with E-state index in [2.05, 4.69) is 15.2 Å². The van der Waals surface area contributed by atoms with Crippen LogP contribution in [0.2, 0.25) is 5.02 Å². The number of hydrogen-bond donors (Lipinski definition) is 2. The molecule has 1 aromatic heterocycles. The number of oxime groups is 1. The van der Waals surface area contributed by atoms with Crippen LogP contribution in [-0.2, 0) is 6.54 Å². The molecular formula is C10H9ClFN5O. The van der Waals surface area contributed by atoms with E-state index in [-0.39, 0.29) is 23.2 Å². The summed E-state index contributed by atoms with van der Waals surface area (Å²) in [4.78, 5) is 3.83. The van der Waals surface area contributed by atoms with Crippen molar-refractivity contribution in [1.29, 1.82) is 0 Å². The van der Waals surface area contributed by atoms with Gasteiger partial charge in [-0.15, -0.1) is 5.10 Å². The smallest absolute Gasteiger partial charge is 0.219 e. The summed E-state index contributed by atoms with van der Waals surface area (Å²) in [5.41, 5.74) is 5.89. The molecule has 8 heteroatoms. The van der Waals surface area contributed by atoms with Crippen molar-refractivity contribution in [2.24, 2.45) is 10.9 Å². The van der Waals surface area contributed by atoms with Crippen LogP contribution < -0.4 is 5.73 Å². The van der Waals surface area contributed by atoms with Crippen LogP contribution in [0.5, 0.6) is 0 Å². The van der Waals surface area contributed by atoms with Gasteiger partial charge in [0.25, 0.3) is 0 Å². The molecule has 0 atom stereocenters. The second kappa shape index (κ2) is 5.01. The minimum Gasteiger partial charge on any atom is -0.409 e. The summed E-state index contributed by atoms with van der Waals surface area (Å²) in [5, 5.41) is 15.2. The Labute approximate surface area is 106 Å². The molecule has 6 nitrogen and oxygen atoms in total. The number of amidine groups is 1. The van der Waals surface area contributed by atoms with Gasteiger partial charge in [0.1, 0.15) is 12.1 Å². The van der Waals surface area contributed by atoms with Crippen molar-refractivity contribution < 1.29 is 9.60 Å². The largest absolute Gasteiger partial charge is 0.409 e. The van der Waals surface area contributed by atoms with Crippen LogP contribution in [-0.4, -0.2) is 25.8 Å². The van der Waals surface area contributed by atoms with Crippen LogP contribution in [0.15, 0.2) is 29.7 Å². The summed E-state index contributed by atoms with van der Waals surface area (Å²) < 4.78 is 14.6. The number of aromatic nitrogens is 3. The molecule has 0 amide bonds. The Morgan fingerprint density at radius 3 is 3.06 bits per heavy atom. The van der Waals surface area contributed by atoms with Crippen LogP contribution in [0.25, 0.3) is 0 Å². The quantitative estimate of drug-likeness (QED) is 0.379. The summed E-state index contributed by atoms with van der Waals surface area (Å²) in [5.74, 6) is -0.602. The zero-order chi connectivity index (χ0) is 13.1. The van der Waals surface area contributed by atoms with E-state index in [4.69, 9.17) is 22.5 Å². The van der Waals surface area contributed by atoms with E-state index < -0.39 is 5.82 Å². The van der Waals surface area contributed by atoms with Gasteiger partial charge in [-0.1, -0.05) is 28.9 Å². The van der Waals surface area contributed by atoms with Crippen LogP contribution in [0, 0.1) is 5.82 Å². The third-order valence-electron chi connectivity index (χ3n) is 2.24. The minimum absolute atomic E-state index is 0.0401. The normalized spacial score (nSPS) is 11.8. The van der Waals surface area contributed by atoms with E-state index in [0.717, 1.165) is 0 Å². The first kappa shape index (κ1) is 12.3. The van der Waals surface area contributed by atoms with Crippen molar-refractivity contribution in [1.82, 2.24) is 14.8 Å². The molecule has 0 spiro atoms. The van der Waals surface area contributed by atoms with Gasteiger partial charge in [0.15, 0.2) is 0 Å². The molecule has 0 radical (unpaired) electrons. The van der Waals surface area contributed by atoms with E-state index in [1.165, 1.54) is 17.1 Å². The summed E-state index contributed by atoms with van der Waals surface area (Å²) in [7, 11) is 0. The fourth-order valence-corrected chi connectivity index (χ4v) is 1.56. The molecule has 94 valence electrons. The molecule has 1 aromatic carbocycles. The second-order valence-electron chi connectivity index (χ2n) is 3.46. The van der Waals surface area contributed by atoms with E-state index in [0.29, 0.717) is 5.56 Å². The Morgan fingerprint density at radius 1 is 1.56 bits per heavy atom.